The van der Waals surface area contributed by atoms with Crippen molar-refractivity contribution in [2.45, 2.75) is 20.0 Å². The van der Waals surface area contributed by atoms with Crippen LogP contribution >= 0.6 is 0 Å². The number of rotatable bonds is 4. The third kappa shape index (κ3) is 3.96. The number of ether oxygens (including phenoxy) is 2. The molecule has 3 aromatic rings. The topological polar surface area (TPSA) is 34.6 Å². The Hall–Kier alpha value is -2.85. The fourth-order valence-corrected chi connectivity index (χ4v) is 3.49. The number of benzene rings is 2. The molecule has 0 bridgehead atoms. The summed E-state index contributed by atoms with van der Waals surface area (Å²) in [6, 6.07) is 17.0. The Morgan fingerprint density at radius 1 is 1.11 bits per heavy atom. The molecule has 0 unspecified atom stereocenters. The number of hydrogen-bond donors (Lipinski definition) is 0. The maximum Gasteiger partial charge on any atom is 0.165 e. The molecule has 0 saturated heterocycles. The standard InChI is InChI=1S/C23H24N2O2/c1-17-5-7-19(8-6-17)20-12-21-16-25(15-18-4-3-9-24-14-18)10-11-27-23(21)22(13-20)26-2/h3-9,12-14H,10-11,15-16H2,1-2H3. The van der Waals surface area contributed by atoms with E-state index in [4.69, 9.17) is 9.47 Å². The summed E-state index contributed by atoms with van der Waals surface area (Å²) in [6.07, 6.45) is 3.74. The van der Waals surface area contributed by atoms with Crippen molar-refractivity contribution in [3.8, 4) is 22.6 Å². The van der Waals surface area contributed by atoms with E-state index < -0.39 is 0 Å². The van der Waals surface area contributed by atoms with Gasteiger partial charge in [0.25, 0.3) is 0 Å². The highest BCUT2D eigenvalue weighted by molar-refractivity contribution is 5.69. The molecule has 27 heavy (non-hydrogen) atoms. The predicted molar refractivity (Wildman–Crippen MR) is 107 cm³/mol. The number of methoxy groups -OCH3 is 1. The van der Waals surface area contributed by atoms with Gasteiger partial charge in [0.1, 0.15) is 6.61 Å². The van der Waals surface area contributed by atoms with Crippen molar-refractivity contribution in [2.24, 2.45) is 0 Å². The summed E-state index contributed by atoms with van der Waals surface area (Å²) in [5, 5.41) is 0. The van der Waals surface area contributed by atoms with E-state index in [1.54, 1.807) is 7.11 Å². The van der Waals surface area contributed by atoms with Gasteiger partial charge in [-0.3, -0.25) is 9.88 Å². The van der Waals surface area contributed by atoms with E-state index in [2.05, 4.69) is 59.3 Å². The molecule has 0 fully saturated rings. The maximum absolute atomic E-state index is 6.07. The zero-order valence-electron chi connectivity index (χ0n) is 15.8. The molecule has 0 atom stereocenters. The minimum Gasteiger partial charge on any atom is -0.493 e. The van der Waals surface area contributed by atoms with E-state index in [1.165, 1.54) is 16.7 Å². The average molecular weight is 360 g/mol. The molecule has 0 amide bonds. The van der Waals surface area contributed by atoms with Crippen LogP contribution in [0.15, 0.2) is 60.9 Å². The van der Waals surface area contributed by atoms with Crippen LogP contribution in [0.2, 0.25) is 0 Å². The maximum atomic E-state index is 6.07. The Balaban J connectivity index is 1.67. The minimum atomic E-state index is 0.646. The number of nitrogens with zero attached hydrogens (tertiary/aromatic N) is 2. The number of aryl methyl sites for hydroxylation is 1. The zero-order valence-corrected chi connectivity index (χ0v) is 15.8. The molecular formula is C23H24N2O2. The molecule has 4 heteroatoms. The van der Waals surface area contributed by atoms with Gasteiger partial charge in [-0.25, -0.2) is 0 Å². The van der Waals surface area contributed by atoms with Crippen molar-refractivity contribution in [2.75, 3.05) is 20.3 Å². The molecular weight excluding hydrogens is 336 g/mol. The summed E-state index contributed by atoms with van der Waals surface area (Å²) in [4.78, 5) is 6.62. The molecule has 2 aromatic carbocycles. The lowest BCUT2D eigenvalue weighted by Crippen LogP contribution is -2.25. The van der Waals surface area contributed by atoms with E-state index in [0.29, 0.717) is 6.61 Å². The molecule has 2 heterocycles. The van der Waals surface area contributed by atoms with Crippen molar-refractivity contribution in [1.82, 2.24) is 9.88 Å². The number of pyridine rings is 1. The zero-order chi connectivity index (χ0) is 18.6. The SMILES string of the molecule is COc1cc(-c2ccc(C)cc2)cc2c1OCCN(Cc1cccnc1)C2. The average Bonchev–Trinajstić information content (AvgIpc) is 2.90. The highest BCUT2D eigenvalue weighted by Crippen LogP contribution is 2.38. The fourth-order valence-electron chi connectivity index (χ4n) is 3.49. The van der Waals surface area contributed by atoms with Crippen LogP contribution in [0.3, 0.4) is 0 Å². The van der Waals surface area contributed by atoms with Crippen molar-refractivity contribution >= 4 is 0 Å². The molecule has 1 aliphatic rings. The molecule has 0 saturated carbocycles. The molecule has 1 aromatic heterocycles. The summed E-state index contributed by atoms with van der Waals surface area (Å²) in [6.45, 7) is 5.29. The van der Waals surface area contributed by atoms with Crippen LogP contribution in [0.4, 0.5) is 0 Å². The smallest absolute Gasteiger partial charge is 0.165 e. The second-order valence-corrected chi connectivity index (χ2v) is 6.95. The molecule has 0 radical (unpaired) electrons. The van der Waals surface area contributed by atoms with Gasteiger partial charge >= 0.3 is 0 Å². The van der Waals surface area contributed by atoms with Crippen molar-refractivity contribution in [3.05, 3.63) is 77.6 Å². The lowest BCUT2D eigenvalue weighted by molar-refractivity contribution is 0.216. The van der Waals surface area contributed by atoms with Crippen molar-refractivity contribution in [3.63, 3.8) is 0 Å². The molecule has 4 nitrogen and oxygen atoms in total. The lowest BCUT2D eigenvalue weighted by atomic mass is 10.0. The first-order valence-electron chi connectivity index (χ1n) is 9.25. The lowest BCUT2D eigenvalue weighted by Gasteiger charge is -2.19. The Kier molecular flexibility index (Phi) is 5.07. The Bertz CT molecular complexity index is 908. The monoisotopic (exact) mass is 360 g/mol. The third-order valence-corrected chi connectivity index (χ3v) is 4.91. The van der Waals surface area contributed by atoms with Crippen LogP contribution in [-0.4, -0.2) is 30.1 Å². The summed E-state index contributed by atoms with van der Waals surface area (Å²) < 4.78 is 11.7. The van der Waals surface area contributed by atoms with Crippen LogP contribution in [0.25, 0.3) is 11.1 Å². The van der Waals surface area contributed by atoms with Gasteiger partial charge in [-0.15, -0.1) is 0 Å². The van der Waals surface area contributed by atoms with Gasteiger partial charge in [-0.05, 0) is 41.8 Å². The van der Waals surface area contributed by atoms with Crippen molar-refractivity contribution < 1.29 is 9.47 Å². The van der Waals surface area contributed by atoms with Gasteiger partial charge in [0, 0.05) is 37.6 Å². The normalized spacial score (nSPS) is 14.1. The highest BCUT2D eigenvalue weighted by atomic mass is 16.5. The number of aromatic nitrogens is 1. The summed E-state index contributed by atoms with van der Waals surface area (Å²) in [5.41, 5.74) is 5.96. The summed E-state index contributed by atoms with van der Waals surface area (Å²) in [7, 11) is 1.70. The first-order valence-corrected chi connectivity index (χ1v) is 9.25. The fraction of sp³-hybridized carbons (Fsp3) is 0.261. The first kappa shape index (κ1) is 17.6. The first-order chi connectivity index (χ1) is 13.2. The molecule has 4 rings (SSSR count). The van der Waals surface area contributed by atoms with E-state index in [9.17, 15) is 0 Å². The van der Waals surface area contributed by atoms with Crippen LogP contribution in [-0.2, 0) is 13.1 Å². The second-order valence-electron chi connectivity index (χ2n) is 6.95. The minimum absolute atomic E-state index is 0.646. The van der Waals surface area contributed by atoms with E-state index in [-0.39, 0.29) is 0 Å². The summed E-state index contributed by atoms with van der Waals surface area (Å²) >= 11 is 0. The van der Waals surface area contributed by atoms with Crippen LogP contribution in [0, 0.1) is 6.92 Å². The molecule has 1 aliphatic heterocycles. The van der Waals surface area contributed by atoms with Crippen LogP contribution in [0.1, 0.15) is 16.7 Å². The second kappa shape index (κ2) is 7.80. The van der Waals surface area contributed by atoms with Gasteiger partial charge in [-0.2, -0.15) is 0 Å². The van der Waals surface area contributed by atoms with Gasteiger partial charge < -0.3 is 9.47 Å². The van der Waals surface area contributed by atoms with Gasteiger partial charge in [0.15, 0.2) is 11.5 Å². The van der Waals surface area contributed by atoms with Gasteiger partial charge in [0.05, 0.1) is 7.11 Å². The van der Waals surface area contributed by atoms with Crippen LogP contribution < -0.4 is 9.47 Å². The van der Waals surface area contributed by atoms with E-state index in [0.717, 1.165) is 42.3 Å². The third-order valence-electron chi connectivity index (χ3n) is 4.91. The summed E-state index contributed by atoms with van der Waals surface area (Å²) in [5.74, 6) is 1.66. The van der Waals surface area contributed by atoms with Gasteiger partial charge in [-0.1, -0.05) is 35.9 Å². The largest absolute Gasteiger partial charge is 0.493 e. The molecule has 0 aliphatic carbocycles. The molecule has 0 N–H and O–H groups in total. The molecule has 138 valence electrons. The number of fused-ring (bicyclic) bond motifs is 1. The van der Waals surface area contributed by atoms with Crippen molar-refractivity contribution in [1.29, 1.82) is 0 Å². The number of hydrogen-bond acceptors (Lipinski definition) is 4. The van der Waals surface area contributed by atoms with E-state index in [1.807, 2.05) is 18.5 Å². The van der Waals surface area contributed by atoms with E-state index >= 15 is 0 Å². The van der Waals surface area contributed by atoms with Gasteiger partial charge in [0.2, 0.25) is 0 Å². The quantitative estimate of drug-likeness (QED) is 0.688. The predicted octanol–water partition coefficient (Wildman–Crippen LogP) is 4.46. The Labute approximate surface area is 160 Å². The molecule has 0 spiro atoms. The highest BCUT2D eigenvalue weighted by Gasteiger charge is 2.20. The Morgan fingerprint density at radius 2 is 1.96 bits per heavy atom. The van der Waals surface area contributed by atoms with Crippen LogP contribution in [0.5, 0.6) is 11.5 Å². The Morgan fingerprint density at radius 3 is 2.70 bits per heavy atom.